The van der Waals surface area contributed by atoms with Gasteiger partial charge in [0, 0.05) is 18.7 Å². The third-order valence-corrected chi connectivity index (χ3v) is 5.23. The van der Waals surface area contributed by atoms with E-state index in [0.29, 0.717) is 11.5 Å². The standard InChI is InChI=1S/C20H27NO2/c1-19(2)11-16-12-20(3,13-19)14-21(16)18(22)10-7-15-5-8-17(23-4)9-6-15/h5-10,16H,11-14H2,1-4H3/b10-7+. The van der Waals surface area contributed by atoms with Crippen LogP contribution in [0.1, 0.15) is 45.6 Å². The van der Waals surface area contributed by atoms with Crippen molar-refractivity contribution < 1.29 is 9.53 Å². The van der Waals surface area contributed by atoms with Crippen molar-refractivity contribution in [2.45, 2.75) is 46.1 Å². The molecule has 1 aliphatic carbocycles. The minimum Gasteiger partial charge on any atom is -0.497 e. The number of amides is 1. The first kappa shape index (κ1) is 16.1. The van der Waals surface area contributed by atoms with Crippen molar-refractivity contribution in [1.29, 1.82) is 0 Å². The number of rotatable bonds is 3. The van der Waals surface area contributed by atoms with E-state index in [0.717, 1.165) is 30.7 Å². The Morgan fingerprint density at radius 2 is 1.91 bits per heavy atom. The SMILES string of the molecule is COc1ccc(/C=C/C(=O)N2CC3(C)CC2CC(C)(C)C3)cc1. The van der Waals surface area contributed by atoms with Crippen LogP contribution in [0.2, 0.25) is 0 Å². The summed E-state index contributed by atoms with van der Waals surface area (Å²) < 4.78 is 5.15. The Hall–Kier alpha value is -1.77. The molecule has 124 valence electrons. The predicted octanol–water partition coefficient (Wildman–Crippen LogP) is 4.14. The lowest BCUT2D eigenvalue weighted by Crippen LogP contribution is -2.36. The zero-order chi connectivity index (χ0) is 16.7. The van der Waals surface area contributed by atoms with Gasteiger partial charge in [-0.25, -0.2) is 0 Å². The van der Waals surface area contributed by atoms with E-state index in [1.165, 1.54) is 6.42 Å². The maximum Gasteiger partial charge on any atom is 0.246 e. The van der Waals surface area contributed by atoms with E-state index in [9.17, 15) is 4.79 Å². The molecular formula is C20H27NO2. The average Bonchev–Trinajstić information content (AvgIpc) is 2.74. The van der Waals surface area contributed by atoms with Crippen LogP contribution in [0.25, 0.3) is 6.08 Å². The Morgan fingerprint density at radius 1 is 1.22 bits per heavy atom. The Bertz CT molecular complexity index is 617. The summed E-state index contributed by atoms with van der Waals surface area (Å²) in [4.78, 5) is 14.7. The average molecular weight is 313 g/mol. The molecule has 3 heteroatoms. The van der Waals surface area contributed by atoms with E-state index < -0.39 is 0 Å². The monoisotopic (exact) mass is 313 g/mol. The van der Waals surface area contributed by atoms with E-state index in [-0.39, 0.29) is 11.3 Å². The highest BCUT2D eigenvalue weighted by atomic mass is 16.5. The molecule has 1 heterocycles. The number of fused-ring (bicyclic) bond motifs is 2. The topological polar surface area (TPSA) is 29.5 Å². The van der Waals surface area contributed by atoms with Gasteiger partial charge in [-0.15, -0.1) is 0 Å². The first-order valence-corrected chi connectivity index (χ1v) is 8.43. The van der Waals surface area contributed by atoms with E-state index in [4.69, 9.17) is 4.74 Å². The minimum atomic E-state index is 0.146. The van der Waals surface area contributed by atoms with Crippen LogP contribution in [0, 0.1) is 10.8 Å². The predicted molar refractivity (Wildman–Crippen MR) is 93.3 cm³/mol. The summed E-state index contributed by atoms with van der Waals surface area (Å²) >= 11 is 0. The molecule has 1 aromatic carbocycles. The molecule has 0 spiro atoms. The highest BCUT2D eigenvalue weighted by Crippen LogP contribution is 2.52. The zero-order valence-electron chi connectivity index (χ0n) is 14.6. The number of carbonyl (C=O) groups excluding carboxylic acids is 1. The smallest absolute Gasteiger partial charge is 0.246 e. The zero-order valence-corrected chi connectivity index (χ0v) is 14.6. The minimum absolute atomic E-state index is 0.146. The van der Waals surface area contributed by atoms with Crippen LogP contribution in [0.3, 0.4) is 0 Å². The number of likely N-dealkylation sites (tertiary alicyclic amines) is 1. The number of nitrogens with zero attached hydrogens (tertiary/aromatic N) is 1. The Labute approximate surface area is 139 Å². The van der Waals surface area contributed by atoms with Crippen LogP contribution in [0.15, 0.2) is 30.3 Å². The van der Waals surface area contributed by atoms with E-state index in [1.54, 1.807) is 13.2 Å². The summed E-state index contributed by atoms with van der Waals surface area (Å²) in [7, 11) is 1.65. The van der Waals surface area contributed by atoms with Gasteiger partial charge in [-0.2, -0.15) is 0 Å². The molecule has 2 bridgehead atoms. The molecule has 1 saturated carbocycles. The van der Waals surface area contributed by atoms with Gasteiger partial charge in [0.05, 0.1) is 7.11 Å². The highest BCUT2D eigenvalue weighted by molar-refractivity contribution is 5.92. The lowest BCUT2D eigenvalue weighted by molar-refractivity contribution is -0.127. The van der Waals surface area contributed by atoms with Crippen LogP contribution in [0.4, 0.5) is 0 Å². The molecule has 23 heavy (non-hydrogen) atoms. The highest BCUT2D eigenvalue weighted by Gasteiger charge is 2.50. The maximum absolute atomic E-state index is 12.7. The summed E-state index contributed by atoms with van der Waals surface area (Å²) in [5, 5.41) is 0. The van der Waals surface area contributed by atoms with Gasteiger partial charge in [-0.1, -0.05) is 32.9 Å². The Morgan fingerprint density at radius 3 is 2.57 bits per heavy atom. The summed E-state index contributed by atoms with van der Waals surface area (Å²) in [6, 6.07) is 8.16. The summed E-state index contributed by atoms with van der Waals surface area (Å²) in [6.07, 6.45) is 7.10. The number of carbonyl (C=O) groups is 1. The molecule has 2 aliphatic rings. The van der Waals surface area contributed by atoms with E-state index >= 15 is 0 Å². The van der Waals surface area contributed by atoms with Crippen LogP contribution in [-0.2, 0) is 4.79 Å². The molecule has 2 fully saturated rings. The number of hydrogen-bond acceptors (Lipinski definition) is 2. The van der Waals surface area contributed by atoms with Crippen LogP contribution in [0.5, 0.6) is 5.75 Å². The van der Waals surface area contributed by atoms with Crippen LogP contribution >= 0.6 is 0 Å². The molecule has 1 aliphatic heterocycles. The molecule has 1 amide bonds. The third-order valence-electron chi connectivity index (χ3n) is 5.23. The number of ether oxygens (including phenoxy) is 1. The Balaban J connectivity index is 1.70. The first-order chi connectivity index (χ1) is 10.8. The number of methoxy groups -OCH3 is 1. The molecule has 2 atom stereocenters. The molecule has 1 aromatic rings. The second-order valence-corrected chi connectivity index (χ2v) is 8.29. The van der Waals surface area contributed by atoms with Gasteiger partial charge in [-0.05, 0) is 53.9 Å². The fourth-order valence-electron chi connectivity index (χ4n) is 4.70. The molecular weight excluding hydrogens is 286 g/mol. The van der Waals surface area contributed by atoms with Gasteiger partial charge < -0.3 is 9.64 Å². The largest absolute Gasteiger partial charge is 0.497 e. The van der Waals surface area contributed by atoms with Crippen molar-refractivity contribution >= 4 is 12.0 Å². The number of benzene rings is 1. The van der Waals surface area contributed by atoms with Crippen molar-refractivity contribution in [1.82, 2.24) is 4.90 Å². The fourth-order valence-corrected chi connectivity index (χ4v) is 4.70. The molecule has 0 aromatic heterocycles. The van der Waals surface area contributed by atoms with Crippen LogP contribution < -0.4 is 4.74 Å². The second kappa shape index (κ2) is 5.70. The van der Waals surface area contributed by atoms with Crippen molar-refractivity contribution in [2.75, 3.05) is 13.7 Å². The van der Waals surface area contributed by atoms with Crippen molar-refractivity contribution in [3.8, 4) is 5.75 Å². The Kier molecular flexibility index (Phi) is 3.99. The third kappa shape index (κ3) is 3.44. The van der Waals surface area contributed by atoms with Crippen molar-refractivity contribution in [2.24, 2.45) is 10.8 Å². The van der Waals surface area contributed by atoms with Crippen molar-refractivity contribution in [3.05, 3.63) is 35.9 Å². The molecule has 3 rings (SSSR count). The van der Waals surface area contributed by atoms with E-state index in [1.807, 2.05) is 30.3 Å². The van der Waals surface area contributed by atoms with Gasteiger partial charge in [0.15, 0.2) is 0 Å². The van der Waals surface area contributed by atoms with Gasteiger partial charge in [0.25, 0.3) is 0 Å². The summed E-state index contributed by atoms with van der Waals surface area (Å²) in [6.45, 7) is 7.89. The molecule has 3 nitrogen and oxygen atoms in total. The van der Waals surface area contributed by atoms with Gasteiger partial charge in [0.2, 0.25) is 5.91 Å². The van der Waals surface area contributed by atoms with Gasteiger partial charge in [0.1, 0.15) is 5.75 Å². The lowest BCUT2D eigenvalue weighted by Gasteiger charge is -2.39. The molecule has 1 saturated heterocycles. The number of hydrogen-bond donors (Lipinski definition) is 0. The van der Waals surface area contributed by atoms with Gasteiger partial charge in [-0.3, -0.25) is 4.79 Å². The quantitative estimate of drug-likeness (QED) is 0.785. The lowest BCUT2D eigenvalue weighted by atomic mass is 9.65. The molecule has 0 N–H and O–H groups in total. The van der Waals surface area contributed by atoms with Gasteiger partial charge >= 0.3 is 0 Å². The fraction of sp³-hybridized carbons (Fsp3) is 0.550. The molecule has 2 unspecified atom stereocenters. The maximum atomic E-state index is 12.7. The summed E-state index contributed by atoms with van der Waals surface area (Å²) in [5.74, 6) is 0.976. The second-order valence-electron chi connectivity index (χ2n) is 8.29. The molecule has 0 radical (unpaired) electrons. The van der Waals surface area contributed by atoms with Crippen LogP contribution in [-0.4, -0.2) is 30.5 Å². The normalized spacial score (nSPS) is 29.0. The van der Waals surface area contributed by atoms with Crippen molar-refractivity contribution in [3.63, 3.8) is 0 Å². The van der Waals surface area contributed by atoms with E-state index in [2.05, 4.69) is 25.7 Å². The summed E-state index contributed by atoms with van der Waals surface area (Å²) in [5.41, 5.74) is 1.65. The first-order valence-electron chi connectivity index (χ1n) is 8.43.